The minimum Gasteiger partial charge on any atom is -0.411 e. The topological polar surface area (TPSA) is 87.1 Å². The highest BCUT2D eigenvalue weighted by atomic mass is 16.5. The minimum absolute atomic E-state index is 0.142. The van der Waals surface area contributed by atoms with E-state index in [9.17, 15) is 4.79 Å². The number of ether oxygens (including phenoxy) is 1. The molecule has 0 bridgehead atoms. The van der Waals surface area contributed by atoms with E-state index in [1.54, 1.807) is 12.1 Å². The van der Waals surface area contributed by atoms with Crippen LogP contribution in [-0.2, 0) is 4.74 Å². The first-order valence-electron chi connectivity index (χ1n) is 7.01. The highest BCUT2D eigenvalue weighted by Gasteiger charge is 2.10. The zero-order valence-electron chi connectivity index (χ0n) is 11.9. The Morgan fingerprint density at radius 2 is 2.29 bits per heavy atom. The molecule has 0 aromatic carbocycles. The number of carbonyl (C=O) groups is 1. The summed E-state index contributed by atoms with van der Waals surface area (Å²) in [7, 11) is 0. The second-order valence-corrected chi connectivity index (χ2v) is 4.78. The number of carbonyl (C=O) groups excluding carboxylic acids is 1. The molecule has 0 spiro atoms. The number of hydrogen-bond donors (Lipinski definition) is 2. The number of amides is 1. The summed E-state index contributed by atoms with van der Waals surface area (Å²) in [6, 6.07) is 3.28. The van der Waals surface area contributed by atoms with Crippen molar-refractivity contribution in [2.24, 2.45) is 5.16 Å². The van der Waals surface area contributed by atoms with Crippen molar-refractivity contribution >= 4 is 12.1 Å². The molecule has 1 aliphatic heterocycles. The molecule has 0 aliphatic carbocycles. The largest absolute Gasteiger partial charge is 0.411 e. The van der Waals surface area contributed by atoms with Crippen LogP contribution in [0.15, 0.2) is 23.5 Å². The maximum absolute atomic E-state index is 11.9. The van der Waals surface area contributed by atoms with Crippen molar-refractivity contribution in [3.63, 3.8) is 0 Å². The zero-order valence-corrected chi connectivity index (χ0v) is 11.9. The molecular formula is C14H20N4O3. The highest BCUT2D eigenvalue weighted by Crippen LogP contribution is 2.00. The Labute approximate surface area is 123 Å². The van der Waals surface area contributed by atoms with Gasteiger partial charge in [-0.1, -0.05) is 5.16 Å². The van der Waals surface area contributed by atoms with Crippen molar-refractivity contribution < 1.29 is 14.7 Å². The molecule has 1 aromatic heterocycles. The lowest BCUT2D eigenvalue weighted by Crippen LogP contribution is -2.38. The lowest BCUT2D eigenvalue weighted by molar-refractivity contribution is 0.0374. The van der Waals surface area contributed by atoms with E-state index in [-0.39, 0.29) is 5.91 Å². The summed E-state index contributed by atoms with van der Waals surface area (Å²) in [6.45, 7) is 5.12. The van der Waals surface area contributed by atoms with Gasteiger partial charge in [-0.15, -0.1) is 0 Å². The zero-order chi connectivity index (χ0) is 14.9. The molecule has 2 N–H and O–H groups in total. The Morgan fingerprint density at radius 1 is 1.48 bits per heavy atom. The number of nitrogens with zero attached hydrogens (tertiary/aromatic N) is 3. The lowest BCUT2D eigenvalue weighted by Gasteiger charge is -2.26. The monoisotopic (exact) mass is 292 g/mol. The van der Waals surface area contributed by atoms with Crippen LogP contribution in [0.5, 0.6) is 0 Å². The molecule has 0 saturated carbocycles. The molecule has 114 valence electrons. The van der Waals surface area contributed by atoms with Gasteiger partial charge < -0.3 is 15.3 Å². The van der Waals surface area contributed by atoms with Gasteiger partial charge >= 0.3 is 0 Å². The summed E-state index contributed by atoms with van der Waals surface area (Å²) in [4.78, 5) is 18.2. The van der Waals surface area contributed by atoms with E-state index in [0.29, 0.717) is 17.8 Å². The van der Waals surface area contributed by atoms with E-state index in [4.69, 9.17) is 9.94 Å². The smallest absolute Gasteiger partial charge is 0.252 e. The summed E-state index contributed by atoms with van der Waals surface area (Å²) < 4.78 is 5.29. The molecule has 0 radical (unpaired) electrons. The fourth-order valence-electron chi connectivity index (χ4n) is 2.11. The average molecular weight is 292 g/mol. The number of pyridine rings is 1. The molecule has 1 amide bonds. The molecule has 1 fully saturated rings. The summed E-state index contributed by atoms with van der Waals surface area (Å²) >= 11 is 0. The van der Waals surface area contributed by atoms with Gasteiger partial charge in [-0.25, -0.2) is 0 Å². The fraction of sp³-hybridized carbons (Fsp3) is 0.500. The minimum atomic E-state index is -0.142. The number of nitrogens with one attached hydrogen (secondary N) is 1. The second-order valence-electron chi connectivity index (χ2n) is 4.78. The van der Waals surface area contributed by atoms with Gasteiger partial charge in [-0.3, -0.25) is 14.7 Å². The van der Waals surface area contributed by atoms with E-state index in [1.165, 1.54) is 12.4 Å². The van der Waals surface area contributed by atoms with Crippen LogP contribution in [0.1, 0.15) is 22.5 Å². The first-order valence-corrected chi connectivity index (χ1v) is 7.01. The van der Waals surface area contributed by atoms with Crippen molar-refractivity contribution in [2.75, 3.05) is 39.4 Å². The highest BCUT2D eigenvalue weighted by molar-refractivity contribution is 5.94. The van der Waals surface area contributed by atoms with Gasteiger partial charge in [-0.05, 0) is 25.1 Å². The lowest BCUT2D eigenvalue weighted by atomic mass is 10.2. The van der Waals surface area contributed by atoms with Crippen molar-refractivity contribution in [2.45, 2.75) is 6.42 Å². The van der Waals surface area contributed by atoms with Crippen LogP contribution in [0, 0.1) is 0 Å². The maximum atomic E-state index is 11.9. The molecule has 1 aliphatic rings. The first kappa shape index (κ1) is 15.4. The normalized spacial score (nSPS) is 16.2. The fourth-order valence-corrected chi connectivity index (χ4v) is 2.11. The molecule has 21 heavy (non-hydrogen) atoms. The Bertz CT molecular complexity index is 470. The predicted molar refractivity (Wildman–Crippen MR) is 77.8 cm³/mol. The second kappa shape index (κ2) is 8.33. The molecule has 2 rings (SSSR count). The maximum Gasteiger partial charge on any atom is 0.252 e. The summed E-state index contributed by atoms with van der Waals surface area (Å²) in [5.41, 5.74) is 0.998. The quantitative estimate of drug-likeness (QED) is 0.342. The van der Waals surface area contributed by atoms with Gasteiger partial charge in [0.2, 0.25) is 0 Å². The van der Waals surface area contributed by atoms with Gasteiger partial charge in [0.25, 0.3) is 5.91 Å². The van der Waals surface area contributed by atoms with Gasteiger partial charge in [0.1, 0.15) is 0 Å². The van der Waals surface area contributed by atoms with E-state index in [2.05, 4.69) is 20.4 Å². The number of rotatable bonds is 6. The third-order valence-electron chi connectivity index (χ3n) is 3.28. The standard InChI is InChI=1S/C14H20N4O3/c19-14(12-2-3-13(11-17-20)16-10-12)15-4-1-5-18-6-8-21-9-7-18/h2-3,10-11,20H,1,4-9H2,(H,15,19)/b17-11+. The van der Waals surface area contributed by atoms with Crippen LogP contribution in [0.2, 0.25) is 0 Å². The van der Waals surface area contributed by atoms with E-state index >= 15 is 0 Å². The summed E-state index contributed by atoms with van der Waals surface area (Å²) in [5, 5.41) is 14.1. The van der Waals surface area contributed by atoms with Gasteiger partial charge in [0.15, 0.2) is 0 Å². The molecule has 1 aromatic rings. The summed E-state index contributed by atoms with van der Waals surface area (Å²) in [5.74, 6) is -0.142. The van der Waals surface area contributed by atoms with Crippen molar-refractivity contribution in [3.05, 3.63) is 29.6 Å². The molecular weight excluding hydrogens is 272 g/mol. The van der Waals surface area contributed by atoms with Crippen LogP contribution >= 0.6 is 0 Å². The van der Waals surface area contributed by atoms with Crippen molar-refractivity contribution in [3.8, 4) is 0 Å². The number of hydrogen-bond acceptors (Lipinski definition) is 6. The Balaban J connectivity index is 1.68. The molecule has 0 unspecified atom stereocenters. The predicted octanol–water partition coefficient (Wildman–Crippen LogP) is 0.342. The van der Waals surface area contributed by atoms with E-state index < -0.39 is 0 Å². The Morgan fingerprint density at radius 3 is 2.95 bits per heavy atom. The first-order chi connectivity index (χ1) is 10.3. The molecule has 2 heterocycles. The van der Waals surface area contributed by atoms with Crippen LogP contribution < -0.4 is 5.32 Å². The molecule has 7 nitrogen and oxygen atoms in total. The molecule has 1 saturated heterocycles. The SMILES string of the molecule is O=C(NCCCN1CCOCC1)c1ccc(/C=N/O)nc1. The number of aromatic nitrogens is 1. The van der Waals surface area contributed by atoms with Gasteiger partial charge in [-0.2, -0.15) is 0 Å². The Hall–Kier alpha value is -1.99. The third kappa shape index (κ3) is 5.13. The van der Waals surface area contributed by atoms with Gasteiger partial charge in [0, 0.05) is 25.8 Å². The number of oxime groups is 1. The van der Waals surface area contributed by atoms with E-state index in [0.717, 1.165) is 39.3 Å². The molecule has 0 atom stereocenters. The van der Waals surface area contributed by atoms with Crippen LogP contribution in [0.25, 0.3) is 0 Å². The summed E-state index contributed by atoms with van der Waals surface area (Å²) in [6.07, 6.45) is 3.59. The molecule has 7 heteroatoms. The van der Waals surface area contributed by atoms with Gasteiger partial charge in [0.05, 0.1) is 30.7 Å². The number of morpholine rings is 1. The van der Waals surface area contributed by atoms with Crippen LogP contribution in [0.4, 0.5) is 0 Å². The van der Waals surface area contributed by atoms with Crippen LogP contribution in [-0.4, -0.2) is 66.6 Å². The third-order valence-corrected chi connectivity index (χ3v) is 3.28. The van der Waals surface area contributed by atoms with E-state index in [1.807, 2.05) is 0 Å². The van der Waals surface area contributed by atoms with Crippen molar-refractivity contribution in [1.82, 2.24) is 15.2 Å². The van der Waals surface area contributed by atoms with Crippen LogP contribution in [0.3, 0.4) is 0 Å². The Kier molecular flexibility index (Phi) is 6.11. The van der Waals surface area contributed by atoms with Crippen molar-refractivity contribution in [1.29, 1.82) is 0 Å². The average Bonchev–Trinajstić information content (AvgIpc) is 2.53.